The van der Waals surface area contributed by atoms with Crippen molar-refractivity contribution in [2.75, 3.05) is 0 Å². The highest BCUT2D eigenvalue weighted by molar-refractivity contribution is 9.10. The van der Waals surface area contributed by atoms with Crippen LogP contribution >= 0.6 is 15.9 Å². The van der Waals surface area contributed by atoms with Crippen molar-refractivity contribution in [2.45, 2.75) is 0 Å². The summed E-state index contributed by atoms with van der Waals surface area (Å²) in [4.78, 5) is 33.1. The number of carbonyl (C=O) groups is 1. The van der Waals surface area contributed by atoms with Gasteiger partial charge in [0.1, 0.15) is 5.52 Å². The first-order valence-corrected chi connectivity index (χ1v) is 7.17. The fourth-order valence-corrected chi connectivity index (χ4v) is 2.64. The SMILES string of the molecule is O=C(c1cc([N+](=O)[O-])c(Br)c([N+](=O)[O-])c1)n1nnc2ccccc21. The van der Waals surface area contributed by atoms with Crippen LogP contribution in [0.3, 0.4) is 0 Å². The zero-order valence-electron chi connectivity index (χ0n) is 11.6. The molecule has 1 heterocycles. The number of hydrogen-bond acceptors (Lipinski definition) is 7. The van der Waals surface area contributed by atoms with Crippen molar-refractivity contribution in [2.24, 2.45) is 0 Å². The maximum absolute atomic E-state index is 12.6. The number of aromatic nitrogens is 3. The minimum Gasteiger partial charge on any atom is -0.267 e. The Morgan fingerprint density at radius 2 is 1.67 bits per heavy atom. The number of benzene rings is 2. The number of nitro benzene ring substituents is 2. The van der Waals surface area contributed by atoms with Gasteiger partial charge in [0.2, 0.25) is 0 Å². The summed E-state index contributed by atoms with van der Waals surface area (Å²) in [6.07, 6.45) is 0. The molecule has 120 valence electrons. The van der Waals surface area contributed by atoms with Crippen molar-refractivity contribution < 1.29 is 14.6 Å². The molecule has 3 rings (SSSR count). The fourth-order valence-electron chi connectivity index (χ4n) is 2.12. The second kappa shape index (κ2) is 5.77. The van der Waals surface area contributed by atoms with Gasteiger partial charge >= 0.3 is 0 Å². The molecule has 0 N–H and O–H groups in total. The monoisotopic (exact) mass is 391 g/mol. The maximum Gasteiger partial charge on any atom is 0.291 e. The third-order valence-corrected chi connectivity index (χ3v) is 4.03. The second-order valence-corrected chi connectivity index (χ2v) is 5.43. The molecule has 10 nitrogen and oxygen atoms in total. The molecule has 3 aromatic rings. The number of nitrogens with zero attached hydrogens (tertiary/aromatic N) is 5. The van der Waals surface area contributed by atoms with Crippen LogP contribution in [0.2, 0.25) is 0 Å². The molecule has 0 fully saturated rings. The highest BCUT2D eigenvalue weighted by Crippen LogP contribution is 2.35. The number of fused-ring (bicyclic) bond motifs is 1. The van der Waals surface area contributed by atoms with Gasteiger partial charge in [0.25, 0.3) is 17.3 Å². The van der Waals surface area contributed by atoms with E-state index < -0.39 is 27.1 Å². The lowest BCUT2D eigenvalue weighted by Crippen LogP contribution is -2.14. The predicted octanol–water partition coefficient (Wildman–Crippen LogP) is 2.70. The third kappa shape index (κ3) is 2.50. The number of hydrogen-bond donors (Lipinski definition) is 0. The Balaban J connectivity index is 2.20. The summed E-state index contributed by atoms with van der Waals surface area (Å²) in [6, 6.07) is 8.52. The molecule has 0 spiro atoms. The Labute approximate surface area is 141 Å². The minimum atomic E-state index is -0.812. The number of halogens is 1. The molecule has 2 aromatic carbocycles. The van der Waals surface area contributed by atoms with Crippen LogP contribution in [0.15, 0.2) is 40.9 Å². The first kappa shape index (κ1) is 15.7. The quantitative estimate of drug-likeness (QED) is 0.494. The van der Waals surface area contributed by atoms with Crippen molar-refractivity contribution in [1.29, 1.82) is 0 Å². The van der Waals surface area contributed by atoms with E-state index in [9.17, 15) is 25.0 Å². The van der Waals surface area contributed by atoms with Crippen molar-refractivity contribution in [3.63, 3.8) is 0 Å². The summed E-state index contributed by atoms with van der Waals surface area (Å²) in [5, 5.41) is 29.7. The van der Waals surface area contributed by atoms with E-state index in [1.165, 1.54) is 0 Å². The molecule has 0 radical (unpaired) electrons. The van der Waals surface area contributed by atoms with Gasteiger partial charge in [0.15, 0.2) is 4.47 Å². The molecule has 0 aliphatic heterocycles. The van der Waals surface area contributed by atoms with Crippen LogP contribution in [-0.4, -0.2) is 30.7 Å². The zero-order valence-corrected chi connectivity index (χ0v) is 13.2. The van der Waals surface area contributed by atoms with Gasteiger partial charge in [-0.15, -0.1) is 5.10 Å². The van der Waals surface area contributed by atoms with Crippen LogP contribution in [0.1, 0.15) is 10.4 Å². The van der Waals surface area contributed by atoms with Gasteiger partial charge in [-0.1, -0.05) is 17.3 Å². The van der Waals surface area contributed by atoms with E-state index in [0.29, 0.717) is 11.0 Å². The summed E-state index contributed by atoms with van der Waals surface area (Å²) in [7, 11) is 0. The van der Waals surface area contributed by atoms with Gasteiger partial charge in [-0.2, -0.15) is 4.68 Å². The van der Waals surface area contributed by atoms with E-state index in [1.54, 1.807) is 24.3 Å². The average Bonchev–Trinajstić information content (AvgIpc) is 2.97. The molecule has 0 aliphatic carbocycles. The van der Waals surface area contributed by atoms with Crippen molar-refractivity contribution in [1.82, 2.24) is 15.0 Å². The highest BCUT2D eigenvalue weighted by atomic mass is 79.9. The molecular formula is C13H6BrN5O5. The predicted molar refractivity (Wildman–Crippen MR) is 84.7 cm³/mol. The summed E-state index contributed by atoms with van der Waals surface area (Å²) in [5.41, 5.74) is -0.580. The Hall–Kier alpha value is -3.21. The fraction of sp³-hybridized carbons (Fsp3) is 0. The number of nitro groups is 2. The number of carbonyl (C=O) groups excluding carboxylic acids is 1. The molecule has 0 amide bonds. The zero-order chi connectivity index (χ0) is 17.4. The summed E-state index contributed by atoms with van der Waals surface area (Å²) in [5.74, 6) is -0.762. The van der Waals surface area contributed by atoms with Crippen LogP contribution in [0.5, 0.6) is 0 Å². The van der Waals surface area contributed by atoms with Crippen LogP contribution in [0.25, 0.3) is 11.0 Å². The molecule has 0 unspecified atom stereocenters. The molecule has 0 saturated carbocycles. The molecule has 0 aliphatic rings. The van der Waals surface area contributed by atoms with Crippen LogP contribution in [0.4, 0.5) is 11.4 Å². The topological polar surface area (TPSA) is 134 Å². The van der Waals surface area contributed by atoms with Crippen molar-refractivity contribution >= 4 is 44.2 Å². The van der Waals surface area contributed by atoms with E-state index >= 15 is 0 Å². The Morgan fingerprint density at radius 3 is 2.25 bits per heavy atom. The van der Waals surface area contributed by atoms with E-state index in [2.05, 4.69) is 26.2 Å². The van der Waals surface area contributed by atoms with Crippen LogP contribution in [0, 0.1) is 20.2 Å². The summed E-state index contributed by atoms with van der Waals surface area (Å²) < 4.78 is 0.629. The lowest BCUT2D eigenvalue weighted by molar-refractivity contribution is -0.395. The molecule has 11 heteroatoms. The molecule has 0 saturated heterocycles. The van der Waals surface area contributed by atoms with E-state index in [0.717, 1.165) is 16.8 Å². The average molecular weight is 392 g/mol. The Morgan fingerprint density at radius 1 is 1.08 bits per heavy atom. The highest BCUT2D eigenvalue weighted by Gasteiger charge is 2.28. The summed E-state index contributed by atoms with van der Waals surface area (Å²) >= 11 is 2.82. The normalized spacial score (nSPS) is 10.7. The van der Waals surface area contributed by atoms with Crippen molar-refractivity contribution in [3.8, 4) is 0 Å². The van der Waals surface area contributed by atoms with Crippen LogP contribution < -0.4 is 0 Å². The number of para-hydroxylation sites is 1. The Bertz CT molecular complexity index is 980. The molecule has 24 heavy (non-hydrogen) atoms. The minimum absolute atomic E-state index is 0.243. The standard InChI is InChI=1S/C13H6BrN5O5/c14-12-10(18(21)22)5-7(6-11(12)19(23)24)13(20)17-9-4-2-1-3-8(9)15-16-17/h1-6H. The third-order valence-electron chi connectivity index (χ3n) is 3.22. The van der Waals surface area contributed by atoms with Crippen LogP contribution in [-0.2, 0) is 0 Å². The van der Waals surface area contributed by atoms with Gasteiger partial charge in [0.05, 0.1) is 20.9 Å². The van der Waals surface area contributed by atoms with Gasteiger partial charge < -0.3 is 0 Å². The van der Waals surface area contributed by atoms with Gasteiger partial charge in [-0.25, -0.2) is 0 Å². The summed E-state index contributed by atoms with van der Waals surface area (Å²) in [6.45, 7) is 0. The van der Waals surface area contributed by atoms with E-state index in [4.69, 9.17) is 0 Å². The lowest BCUT2D eigenvalue weighted by atomic mass is 10.1. The molecule has 0 bridgehead atoms. The largest absolute Gasteiger partial charge is 0.291 e. The number of rotatable bonds is 3. The van der Waals surface area contributed by atoms with Gasteiger partial charge in [-0.05, 0) is 28.1 Å². The molecule has 1 aromatic heterocycles. The lowest BCUT2D eigenvalue weighted by Gasteiger charge is -2.04. The molecular weight excluding hydrogens is 386 g/mol. The first-order valence-electron chi connectivity index (χ1n) is 6.37. The van der Waals surface area contributed by atoms with Crippen molar-refractivity contribution in [3.05, 3.63) is 66.7 Å². The van der Waals surface area contributed by atoms with E-state index in [-0.39, 0.29) is 10.0 Å². The smallest absolute Gasteiger partial charge is 0.267 e. The first-order chi connectivity index (χ1) is 11.4. The Kier molecular flexibility index (Phi) is 3.77. The van der Waals surface area contributed by atoms with Gasteiger partial charge in [-0.3, -0.25) is 25.0 Å². The second-order valence-electron chi connectivity index (χ2n) is 4.64. The molecule has 0 atom stereocenters. The maximum atomic E-state index is 12.6. The van der Waals surface area contributed by atoms with Gasteiger partial charge in [0, 0.05) is 12.1 Å². The van der Waals surface area contributed by atoms with E-state index in [1.807, 2.05) is 0 Å².